The summed E-state index contributed by atoms with van der Waals surface area (Å²) in [5, 5.41) is 2.86. The van der Waals surface area contributed by atoms with Crippen molar-refractivity contribution in [2.24, 2.45) is 0 Å². The molecule has 0 aliphatic carbocycles. The van der Waals surface area contributed by atoms with E-state index >= 15 is 0 Å². The second kappa shape index (κ2) is 3.87. The lowest BCUT2D eigenvalue weighted by molar-refractivity contribution is 0.345. The van der Waals surface area contributed by atoms with Gasteiger partial charge in [0.05, 0.1) is 6.61 Å². The maximum Gasteiger partial charge on any atom is 0.138 e. The van der Waals surface area contributed by atoms with E-state index in [1.165, 1.54) is 23.5 Å². The molecule has 0 spiro atoms. The molecule has 1 aromatic carbocycles. The smallest absolute Gasteiger partial charge is 0.138 e. The minimum Gasteiger partial charge on any atom is -0.492 e. The van der Waals surface area contributed by atoms with Crippen molar-refractivity contribution in [1.29, 1.82) is 0 Å². The molecule has 0 unspecified atom stereocenters. The first kappa shape index (κ1) is 9.93. The van der Waals surface area contributed by atoms with Crippen molar-refractivity contribution in [3.05, 3.63) is 27.8 Å². The highest BCUT2D eigenvalue weighted by molar-refractivity contribution is 9.10. The third-order valence-corrected chi connectivity index (χ3v) is 3.39. The summed E-state index contributed by atoms with van der Waals surface area (Å²) in [4.78, 5) is 0. The van der Waals surface area contributed by atoms with E-state index in [0.717, 1.165) is 20.3 Å². The zero-order valence-electron chi connectivity index (χ0n) is 7.51. The molecule has 0 saturated carbocycles. The summed E-state index contributed by atoms with van der Waals surface area (Å²) in [5.74, 6) is 0.591. The summed E-state index contributed by atoms with van der Waals surface area (Å²) < 4.78 is 20.1. The number of halogens is 2. The zero-order chi connectivity index (χ0) is 10.1. The molecule has 1 heterocycles. The van der Waals surface area contributed by atoms with Gasteiger partial charge in [-0.2, -0.15) is 0 Å². The van der Waals surface area contributed by atoms with Gasteiger partial charge in [0, 0.05) is 19.9 Å². The molecule has 1 nitrogen and oxygen atoms in total. The Kier molecular flexibility index (Phi) is 2.74. The zero-order valence-corrected chi connectivity index (χ0v) is 9.91. The molecule has 0 fully saturated rings. The highest BCUT2D eigenvalue weighted by atomic mass is 79.9. The van der Waals surface area contributed by atoms with E-state index in [1.54, 1.807) is 0 Å². The lowest BCUT2D eigenvalue weighted by Crippen LogP contribution is -1.89. The molecule has 0 amide bonds. The van der Waals surface area contributed by atoms with Crippen LogP contribution in [0.25, 0.3) is 10.1 Å². The summed E-state index contributed by atoms with van der Waals surface area (Å²) in [7, 11) is 0. The molecule has 0 saturated heterocycles. The van der Waals surface area contributed by atoms with E-state index < -0.39 is 0 Å². The van der Waals surface area contributed by atoms with Crippen LogP contribution in [0.1, 0.15) is 6.92 Å². The highest BCUT2D eigenvalue weighted by Crippen LogP contribution is 2.38. The van der Waals surface area contributed by atoms with Crippen LogP contribution in [-0.2, 0) is 0 Å². The minimum atomic E-state index is -0.228. The van der Waals surface area contributed by atoms with Gasteiger partial charge in [0.2, 0.25) is 0 Å². The molecule has 2 rings (SSSR count). The van der Waals surface area contributed by atoms with Crippen molar-refractivity contribution in [3.8, 4) is 5.75 Å². The van der Waals surface area contributed by atoms with Crippen LogP contribution in [0.15, 0.2) is 22.0 Å². The number of hydrogen-bond acceptors (Lipinski definition) is 2. The Labute approximate surface area is 93.6 Å². The number of benzene rings is 1. The lowest BCUT2D eigenvalue weighted by atomic mass is 10.2. The van der Waals surface area contributed by atoms with E-state index in [4.69, 9.17) is 4.74 Å². The number of thiophene rings is 1. The average Bonchev–Trinajstić information content (AvgIpc) is 2.49. The standard InChI is InChI=1S/C10H8BrFOS/c1-2-13-8-5-14-9-4-6(12)3-7(11)10(8)9/h3-5H,2H2,1H3. The number of fused-ring (bicyclic) bond motifs is 1. The van der Waals surface area contributed by atoms with Crippen molar-refractivity contribution < 1.29 is 9.13 Å². The summed E-state index contributed by atoms with van der Waals surface area (Å²) in [5.41, 5.74) is 0. The molecule has 4 heteroatoms. The van der Waals surface area contributed by atoms with Gasteiger partial charge < -0.3 is 4.74 Å². The first-order chi connectivity index (χ1) is 6.72. The molecule has 0 N–H and O–H groups in total. The van der Waals surface area contributed by atoms with Crippen molar-refractivity contribution in [1.82, 2.24) is 0 Å². The first-order valence-corrected chi connectivity index (χ1v) is 5.88. The molecule has 0 bridgehead atoms. The van der Waals surface area contributed by atoms with E-state index in [9.17, 15) is 4.39 Å². The van der Waals surface area contributed by atoms with Crippen LogP contribution in [0, 0.1) is 5.82 Å². The monoisotopic (exact) mass is 274 g/mol. The van der Waals surface area contributed by atoms with Crippen molar-refractivity contribution in [2.45, 2.75) is 6.92 Å². The van der Waals surface area contributed by atoms with E-state index in [2.05, 4.69) is 15.9 Å². The van der Waals surface area contributed by atoms with Crippen molar-refractivity contribution in [2.75, 3.05) is 6.61 Å². The Morgan fingerprint density at radius 3 is 3.00 bits per heavy atom. The molecule has 0 aliphatic heterocycles. The van der Waals surface area contributed by atoms with Gasteiger partial charge in [-0.25, -0.2) is 4.39 Å². The van der Waals surface area contributed by atoms with E-state index in [0.29, 0.717) is 6.61 Å². The number of ether oxygens (including phenoxy) is 1. The third kappa shape index (κ3) is 1.64. The summed E-state index contributed by atoms with van der Waals surface area (Å²) in [6.45, 7) is 2.55. The lowest BCUT2D eigenvalue weighted by Gasteiger charge is -2.02. The fraction of sp³-hybridized carbons (Fsp3) is 0.200. The normalized spacial score (nSPS) is 10.8. The Morgan fingerprint density at radius 1 is 1.50 bits per heavy atom. The van der Waals surface area contributed by atoms with Crippen LogP contribution in [0.2, 0.25) is 0 Å². The van der Waals surface area contributed by atoms with Crippen molar-refractivity contribution >= 4 is 37.4 Å². The van der Waals surface area contributed by atoms with Gasteiger partial charge in [-0.05, 0) is 35.0 Å². The van der Waals surface area contributed by atoms with Gasteiger partial charge in [0.1, 0.15) is 11.6 Å². The second-order valence-corrected chi connectivity index (χ2v) is 4.56. The number of rotatable bonds is 2. The molecular formula is C10H8BrFOS. The molecule has 0 radical (unpaired) electrons. The van der Waals surface area contributed by atoms with E-state index in [1.807, 2.05) is 12.3 Å². The van der Waals surface area contributed by atoms with Gasteiger partial charge in [0.25, 0.3) is 0 Å². The van der Waals surface area contributed by atoms with Crippen LogP contribution < -0.4 is 4.74 Å². The predicted octanol–water partition coefficient (Wildman–Crippen LogP) is 4.20. The Balaban J connectivity index is 2.66. The van der Waals surface area contributed by atoms with Crippen LogP contribution in [0.3, 0.4) is 0 Å². The average molecular weight is 275 g/mol. The maximum atomic E-state index is 13.0. The van der Waals surface area contributed by atoms with Gasteiger partial charge in [0.15, 0.2) is 0 Å². The Morgan fingerprint density at radius 2 is 2.29 bits per heavy atom. The molecule has 0 atom stereocenters. The maximum absolute atomic E-state index is 13.0. The summed E-state index contributed by atoms with van der Waals surface area (Å²) in [6.07, 6.45) is 0. The van der Waals surface area contributed by atoms with Gasteiger partial charge >= 0.3 is 0 Å². The van der Waals surface area contributed by atoms with Gasteiger partial charge in [-0.15, -0.1) is 11.3 Å². The second-order valence-electron chi connectivity index (χ2n) is 2.79. The molecule has 2 aromatic rings. The quantitative estimate of drug-likeness (QED) is 0.798. The van der Waals surface area contributed by atoms with Crippen molar-refractivity contribution in [3.63, 3.8) is 0 Å². The SMILES string of the molecule is CCOc1csc2cc(F)cc(Br)c12. The van der Waals surface area contributed by atoms with E-state index in [-0.39, 0.29) is 5.82 Å². The third-order valence-electron chi connectivity index (χ3n) is 1.86. The van der Waals surface area contributed by atoms with Crippen LogP contribution >= 0.6 is 27.3 Å². The fourth-order valence-electron chi connectivity index (χ4n) is 1.32. The fourth-order valence-corrected chi connectivity index (χ4v) is 3.01. The van der Waals surface area contributed by atoms with Gasteiger partial charge in [-0.3, -0.25) is 0 Å². The molecule has 0 aliphatic rings. The van der Waals surface area contributed by atoms with Crippen LogP contribution in [0.5, 0.6) is 5.75 Å². The largest absolute Gasteiger partial charge is 0.492 e. The highest BCUT2D eigenvalue weighted by Gasteiger charge is 2.09. The van der Waals surface area contributed by atoms with Crippen LogP contribution in [-0.4, -0.2) is 6.61 Å². The van der Waals surface area contributed by atoms with Gasteiger partial charge in [-0.1, -0.05) is 0 Å². The first-order valence-electron chi connectivity index (χ1n) is 4.21. The minimum absolute atomic E-state index is 0.228. The number of hydrogen-bond donors (Lipinski definition) is 0. The summed E-state index contributed by atoms with van der Waals surface area (Å²) >= 11 is 4.82. The molecule has 74 valence electrons. The topological polar surface area (TPSA) is 9.23 Å². The molecular weight excluding hydrogens is 267 g/mol. The predicted molar refractivity (Wildman–Crippen MR) is 60.7 cm³/mol. The summed E-state index contributed by atoms with van der Waals surface area (Å²) in [6, 6.07) is 2.98. The molecule has 1 aromatic heterocycles. The van der Waals surface area contributed by atoms with Crippen LogP contribution in [0.4, 0.5) is 4.39 Å². The Hall–Kier alpha value is -0.610. The molecule has 14 heavy (non-hydrogen) atoms. The Bertz CT molecular complexity index is 466.